The molecule has 0 saturated carbocycles. The average Bonchev–Trinajstić information content (AvgIpc) is 2.35. The van der Waals surface area contributed by atoms with Gasteiger partial charge in [-0.1, -0.05) is 28.1 Å². The predicted molar refractivity (Wildman–Crippen MR) is 84.0 cm³/mol. The first kappa shape index (κ1) is 14.8. The predicted octanol–water partition coefficient (Wildman–Crippen LogP) is 3.95. The summed E-state index contributed by atoms with van der Waals surface area (Å²) in [5.74, 6) is 1.19. The van der Waals surface area contributed by atoms with E-state index in [1.54, 1.807) is 0 Å². The molecule has 0 unspecified atom stereocenters. The molecular weight excluding hydrogens is 318 g/mol. The third-order valence-corrected chi connectivity index (χ3v) is 3.02. The molecule has 1 N–H and O–H groups in total. The average molecular weight is 336 g/mol. The molecular formula is C15H18BrN3O. The summed E-state index contributed by atoms with van der Waals surface area (Å²) in [7, 11) is 0. The van der Waals surface area contributed by atoms with E-state index in [4.69, 9.17) is 4.74 Å². The highest BCUT2D eigenvalue weighted by Crippen LogP contribution is 2.15. The van der Waals surface area contributed by atoms with E-state index in [2.05, 4.69) is 43.3 Å². The van der Waals surface area contributed by atoms with Gasteiger partial charge in [-0.05, 0) is 38.5 Å². The molecule has 2 aromatic rings. The third kappa shape index (κ3) is 4.49. The number of aryl methyl sites for hydroxylation is 1. The first-order chi connectivity index (χ1) is 9.52. The lowest BCUT2D eigenvalue weighted by atomic mass is 10.2. The van der Waals surface area contributed by atoms with Crippen LogP contribution in [0.5, 0.6) is 5.88 Å². The first-order valence-corrected chi connectivity index (χ1v) is 7.33. The Morgan fingerprint density at radius 3 is 2.75 bits per heavy atom. The molecule has 0 aliphatic rings. The molecule has 0 spiro atoms. The molecule has 1 heterocycles. The Morgan fingerprint density at radius 1 is 1.25 bits per heavy atom. The molecule has 0 amide bonds. The van der Waals surface area contributed by atoms with Gasteiger partial charge in [-0.25, -0.2) is 4.98 Å². The van der Waals surface area contributed by atoms with Gasteiger partial charge in [0.15, 0.2) is 0 Å². The molecule has 2 rings (SSSR count). The molecule has 0 saturated heterocycles. The van der Waals surface area contributed by atoms with Crippen molar-refractivity contribution >= 4 is 21.9 Å². The lowest BCUT2D eigenvalue weighted by molar-refractivity contribution is 0.232. The standard InChI is InChI=1S/C15H18BrN3O/c1-10(2)20-14-7-11(3)18-15(19-14)17-9-12-5-4-6-13(16)8-12/h4-8,10H,9H2,1-3H3,(H,17,18,19). The van der Waals surface area contributed by atoms with Gasteiger partial charge in [0.25, 0.3) is 0 Å². The molecule has 0 aliphatic carbocycles. The van der Waals surface area contributed by atoms with Gasteiger partial charge in [0, 0.05) is 22.8 Å². The van der Waals surface area contributed by atoms with Crippen molar-refractivity contribution in [2.45, 2.75) is 33.4 Å². The summed E-state index contributed by atoms with van der Waals surface area (Å²) in [6.07, 6.45) is 0.0993. The number of nitrogens with one attached hydrogen (secondary N) is 1. The van der Waals surface area contributed by atoms with Crippen molar-refractivity contribution in [3.8, 4) is 5.88 Å². The Kier molecular flexibility index (Phi) is 4.95. The van der Waals surface area contributed by atoms with Crippen molar-refractivity contribution in [3.05, 3.63) is 46.1 Å². The molecule has 0 radical (unpaired) electrons. The molecule has 106 valence electrons. The molecule has 0 fully saturated rings. The van der Waals surface area contributed by atoms with Crippen LogP contribution in [0.25, 0.3) is 0 Å². The SMILES string of the molecule is Cc1cc(OC(C)C)nc(NCc2cccc(Br)c2)n1. The number of benzene rings is 1. The fourth-order valence-electron chi connectivity index (χ4n) is 1.75. The number of halogens is 1. The fourth-order valence-corrected chi connectivity index (χ4v) is 2.20. The second kappa shape index (κ2) is 6.70. The third-order valence-electron chi connectivity index (χ3n) is 2.53. The van der Waals surface area contributed by atoms with Crippen LogP contribution in [0.4, 0.5) is 5.95 Å². The zero-order valence-corrected chi connectivity index (χ0v) is 13.4. The van der Waals surface area contributed by atoms with Crippen LogP contribution in [0, 0.1) is 6.92 Å². The quantitative estimate of drug-likeness (QED) is 0.898. The van der Waals surface area contributed by atoms with Crippen LogP contribution in [0.2, 0.25) is 0 Å². The second-order valence-electron chi connectivity index (χ2n) is 4.82. The van der Waals surface area contributed by atoms with Crippen molar-refractivity contribution in [1.82, 2.24) is 9.97 Å². The van der Waals surface area contributed by atoms with E-state index >= 15 is 0 Å². The van der Waals surface area contributed by atoms with Crippen LogP contribution in [0.15, 0.2) is 34.8 Å². The minimum absolute atomic E-state index is 0.0993. The number of hydrogen-bond acceptors (Lipinski definition) is 4. The van der Waals surface area contributed by atoms with E-state index < -0.39 is 0 Å². The number of hydrogen-bond donors (Lipinski definition) is 1. The van der Waals surface area contributed by atoms with Gasteiger partial charge in [0.05, 0.1) is 6.10 Å². The number of nitrogens with zero attached hydrogens (tertiary/aromatic N) is 2. The highest BCUT2D eigenvalue weighted by Gasteiger charge is 2.05. The lowest BCUT2D eigenvalue weighted by Crippen LogP contribution is -2.10. The van der Waals surface area contributed by atoms with Crippen molar-refractivity contribution in [2.24, 2.45) is 0 Å². The summed E-state index contributed by atoms with van der Waals surface area (Å²) in [4.78, 5) is 8.72. The Morgan fingerprint density at radius 2 is 2.05 bits per heavy atom. The second-order valence-corrected chi connectivity index (χ2v) is 5.74. The molecule has 5 heteroatoms. The zero-order valence-electron chi connectivity index (χ0n) is 11.9. The van der Waals surface area contributed by atoms with Crippen LogP contribution in [0.1, 0.15) is 25.1 Å². The monoisotopic (exact) mass is 335 g/mol. The van der Waals surface area contributed by atoms with Crippen molar-refractivity contribution < 1.29 is 4.74 Å². The van der Waals surface area contributed by atoms with E-state index in [1.807, 2.05) is 39.0 Å². The normalized spacial score (nSPS) is 10.7. The maximum Gasteiger partial charge on any atom is 0.226 e. The molecule has 1 aromatic heterocycles. The highest BCUT2D eigenvalue weighted by atomic mass is 79.9. The summed E-state index contributed by atoms with van der Waals surface area (Å²) < 4.78 is 6.67. The van der Waals surface area contributed by atoms with E-state index in [1.165, 1.54) is 0 Å². The Labute approximate surface area is 127 Å². The highest BCUT2D eigenvalue weighted by molar-refractivity contribution is 9.10. The number of ether oxygens (including phenoxy) is 1. The first-order valence-electron chi connectivity index (χ1n) is 6.53. The Balaban J connectivity index is 2.07. The maximum absolute atomic E-state index is 5.61. The molecule has 20 heavy (non-hydrogen) atoms. The van der Waals surface area contributed by atoms with E-state index in [0.717, 1.165) is 15.7 Å². The molecule has 4 nitrogen and oxygen atoms in total. The van der Waals surface area contributed by atoms with Gasteiger partial charge in [-0.15, -0.1) is 0 Å². The van der Waals surface area contributed by atoms with Gasteiger partial charge >= 0.3 is 0 Å². The van der Waals surface area contributed by atoms with E-state index in [-0.39, 0.29) is 6.10 Å². The van der Waals surface area contributed by atoms with Gasteiger partial charge in [0.2, 0.25) is 11.8 Å². The number of rotatable bonds is 5. The van der Waals surface area contributed by atoms with Crippen LogP contribution in [-0.4, -0.2) is 16.1 Å². The largest absolute Gasteiger partial charge is 0.475 e. The summed E-state index contributed by atoms with van der Waals surface area (Å²) in [6, 6.07) is 9.96. The van der Waals surface area contributed by atoms with Crippen molar-refractivity contribution in [1.29, 1.82) is 0 Å². The topological polar surface area (TPSA) is 47.0 Å². The Bertz CT molecular complexity index is 587. The van der Waals surface area contributed by atoms with Crippen LogP contribution in [-0.2, 0) is 6.54 Å². The number of aromatic nitrogens is 2. The van der Waals surface area contributed by atoms with Crippen LogP contribution >= 0.6 is 15.9 Å². The number of anilines is 1. The minimum atomic E-state index is 0.0993. The van der Waals surface area contributed by atoms with E-state index in [0.29, 0.717) is 18.4 Å². The van der Waals surface area contributed by atoms with Crippen molar-refractivity contribution in [3.63, 3.8) is 0 Å². The molecule has 0 atom stereocenters. The molecule has 0 bridgehead atoms. The summed E-state index contributed by atoms with van der Waals surface area (Å²) in [5.41, 5.74) is 2.04. The van der Waals surface area contributed by atoms with Crippen LogP contribution < -0.4 is 10.1 Å². The van der Waals surface area contributed by atoms with Crippen molar-refractivity contribution in [2.75, 3.05) is 5.32 Å². The maximum atomic E-state index is 5.61. The van der Waals surface area contributed by atoms with Gasteiger partial charge in [-0.3, -0.25) is 0 Å². The minimum Gasteiger partial charge on any atom is -0.475 e. The summed E-state index contributed by atoms with van der Waals surface area (Å²) in [5, 5.41) is 3.22. The Hall–Kier alpha value is -1.62. The fraction of sp³-hybridized carbons (Fsp3) is 0.333. The summed E-state index contributed by atoms with van der Waals surface area (Å²) in [6.45, 7) is 6.56. The van der Waals surface area contributed by atoms with Gasteiger partial charge < -0.3 is 10.1 Å². The van der Waals surface area contributed by atoms with Gasteiger partial charge in [-0.2, -0.15) is 4.98 Å². The van der Waals surface area contributed by atoms with Gasteiger partial charge in [0.1, 0.15) is 0 Å². The smallest absolute Gasteiger partial charge is 0.226 e. The van der Waals surface area contributed by atoms with Crippen LogP contribution in [0.3, 0.4) is 0 Å². The zero-order chi connectivity index (χ0) is 14.5. The molecule has 0 aliphatic heterocycles. The molecule has 1 aromatic carbocycles. The summed E-state index contributed by atoms with van der Waals surface area (Å²) >= 11 is 3.46. The van der Waals surface area contributed by atoms with E-state index in [9.17, 15) is 0 Å². The lowest BCUT2D eigenvalue weighted by Gasteiger charge is -2.11.